The van der Waals surface area contributed by atoms with Gasteiger partial charge in [0.25, 0.3) is 0 Å². The number of rotatable bonds is 5. The van der Waals surface area contributed by atoms with E-state index in [1.54, 1.807) is 18.5 Å². The van der Waals surface area contributed by atoms with Crippen LogP contribution >= 0.6 is 11.6 Å². The van der Waals surface area contributed by atoms with E-state index < -0.39 is 0 Å². The summed E-state index contributed by atoms with van der Waals surface area (Å²) in [5, 5.41) is 0.561. The maximum Gasteiger partial charge on any atom is 0.137 e. The van der Waals surface area contributed by atoms with Gasteiger partial charge >= 0.3 is 0 Å². The molecule has 98 valence electrons. The van der Waals surface area contributed by atoms with Gasteiger partial charge in [0.1, 0.15) is 5.78 Å². The normalized spacial score (nSPS) is 10.4. The van der Waals surface area contributed by atoms with Gasteiger partial charge in [0.15, 0.2) is 0 Å². The van der Waals surface area contributed by atoms with E-state index in [0.29, 0.717) is 17.9 Å². The third-order valence-electron chi connectivity index (χ3n) is 3.02. The molecule has 0 fully saturated rings. The quantitative estimate of drug-likeness (QED) is 0.830. The smallest absolute Gasteiger partial charge is 0.137 e. The molecule has 2 aromatic rings. The van der Waals surface area contributed by atoms with Gasteiger partial charge in [-0.15, -0.1) is 0 Å². The Hall–Kier alpha value is -1.67. The summed E-state index contributed by atoms with van der Waals surface area (Å²) in [4.78, 5) is 15.9. The average molecular weight is 274 g/mol. The minimum absolute atomic E-state index is 0.203. The lowest BCUT2D eigenvalue weighted by molar-refractivity contribution is -0.118. The van der Waals surface area contributed by atoms with Gasteiger partial charge in [0.05, 0.1) is 5.02 Å². The molecule has 1 aromatic heterocycles. The Balaban J connectivity index is 1.90. The Bertz CT molecular complexity index is 580. The van der Waals surface area contributed by atoms with Crippen LogP contribution in [0.5, 0.6) is 0 Å². The monoisotopic (exact) mass is 273 g/mol. The largest absolute Gasteiger partial charge is 0.299 e. The SMILES string of the molecule is Cc1cccc(CCC(=O)Cc2ccncc2Cl)c1. The highest BCUT2D eigenvalue weighted by atomic mass is 35.5. The van der Waals surface area contributed by atoms with Crippen molar-refractivity contribution in [2.24, 2.45) is 0 Å². The molecule has 0 spiro atoms. The lowest BCUT2D eigenvalue weighted by Gasteiger charge is -2.04. The van der Waals surface area contributed by atoms with Gasteiger partial charge in [-0.2, -0.15) is 0 Å². The molecule has 0 radical (unpaired) electrons. The van der Waals surface area contributed by atoms with Gasteiger partial charge in [-0.1, -0.05) is 41.4 Å². The van der Waals surface area contributed by atoms with Crippen LogP contribution in [0, 0.1) is 6.92 Å². The molecule has 3 heteroatoms. The van der Waals surface area contributed by atoms with Gasteiger partial charge in [-0.25, -0.2) is 0 Å². The fourth-order valence-corrected chi connectivity index (χ4v) is 2.19. The van der Waals surface area contributed by atoms with E-state index in [1.807, 2.05) is 6.07 Å². The molecule has 0 N–H and O–H groups in total. The summed E-state index contributed by atoms with van der Waals surface area (Å²) in [6.45, 7) is 2.06. The first-order valence-corrected chi connectivity index (χ1v) is 6.68. The van der Waals surface area contributed by atoms with E-state index in [9.17, 15) is 4.79 Å². The summed E-state index contributed by atoms with van der Waals surface area (Å²) in [6.07, 6.45) is 4.94. The highest BCUT2D eigenvalue weighted by Crippen LogP contribution is 2.15. The van der Waals surface area contributed by atoms with Crippen LogP contribution in [-0.4, -0.2) is 10.8 Å². The molecule has 0 amide bonds. The number of carbonyl (C=O) groups excluding carboxylic acids is 1. The summed E-state index contributed by atoms with van der Waals surface area (Å²) in [6, 6.07) is 10.1. The molecule has 0 aliphatic rings. The molecule has 0 saturated heterocycles. The first-order valence-electron chi connectivity index (χ1n) is 6.31. The molecule has 2 rings (SSSR count). The number of ketones is 1. The number of Topliss-reactive ketones (excluding diaryl/α,β-unsaturated/α-hetero) is 1. The van der Waals surface area contributed by atoms with E-state index in [1.165, 1.54) is 11.1 Å². The molecule has 0 bridgehead atoms. The van der Waals surface area contributed by atoms with Gasteiger partial charge in [-0.05, 0) is 30.5 Å². The summed E-state index contributed by atoms with van der Waals surface area (Å²) in [5.41, 5.74) is 3.28. The minimum atomic E-state index is 0.203. The molecule has 0 atom stereocenters. The summed E-state index contributed by atoms with van der Waals surface area (Å²) in [7, 11) is 0. The molecular formula is C16H16ClNO. The minimum Gasteiger partial charge on any atom is -0.299 e. The predicted octanol–water partition coefficient (Wildman–Crippen LogP) is 3.79. The van der Waals surface area contributed by atoms with Crippen LogP contribution in [0.3, 0.4) is 0 Å². The zero-order valence-electron chi connectivity index (χ0n) is 10.9. The number of hydrogen-bond acceptors (Lipinski definition) is 2. The van der Waals surface area contributed by atoms with Crippen molar-refractivity contribution in [1.82, 2.24) is 4.98 Å². The number of pyridine rings is 1. The first-order chi connectivity index (χ1) is 9.15. The van der Waals surface area contributed by atoms with Crippen molar-refractivity contribution in [1.29, 1.82) is 0 Å². The molecular weight excluding hydrogens is 258 g/mol. The van der Waals surface area contributed by atoms with E-state index in [0.717, 1.165) is 12.0 Å². The number of nitrogens with zero attached hydrogens (tertiary/aromatic N) is 1. The Morgan fingerprint density at radius 3 is 2.89 bits per heavy atom. The highest BCUT2D eigenvalue weighted by Gasteiger charge is 2.07. The number of hydrogen-bond donors (Lipinski definition) is 0. The Labute approximate surface area is 118 Å². The zero-order chi connectivity index (χ0) is 13.7. The molecule has 19 heavy (non-hydrogen) atoms. The summed E-state index contributed by atoms with van der Waals surface area (Å²) < 4.78 is 0. The Kier molecular flexibility index (Phi) is 4.69. The van der Waals surface area contributed by atoms with Gasteiger partial charge in [0.2, 0.25) is 0 Å². The maximum atomic E-state index is 11.9. The number of aryl methyl sites for hydroxylation is 2. The van der Waals surface area contributed by atoms with Crippen LogP contribution in [-0.2, 0) is 17.6 Å². The summed E-state index contributed by atoms with van der Waals surface area (Å²) in [5.74, 6) is 0.203. The fraction of sp³-hybridized carbons (Fsp3) is 0.250. The second-order valence-electron chi connectivity index (χ2n) is 4.67. The van der Waals surface area contributed by atoms with Crippen LogP contribution in [0.1, 0.15) is 23.1 Å². The summed E-state index contributed by atoms with van der Waals surface area (Å²) >= 11 is 5.99. The maximum absolute atomic E-state index is 11.9. The fourth-order valence-electron chi connectivity index (χ4n) is 2.00. The van der Waals surface area contributed by atoms with Crippen molar-refractivity contribution < 1.29 is 4.79 Å². The molecule has 0 unspecified atom stereocenters. The molecule has 1 heterocycles. The van der Waals surface area contributed by atoms with Crippen molar-refractivity contribution in [3.05, 3.63) is 64.4 Å². The Morgan fingerprint density at radius 2 is 2.16 bits per heavy atom. The topological polar surface area (TPSA) is 30.0 Å². The lowest BCUT2D eigenvalue weighted by Crippen LogP contribution is -2.05. The van der Waals surface area contributed by atoms with Crippen LogP contribution in [0.4, 0.5) is 0 Å². The molecule has 0 aliphatic carbocycles. The predicted molar refractivity (Wildman–Crippen MR) is 77.5 cm³/mol. The number of benzene rings is 1. The first kappa shape index (κ1) is 13.8. The van der Waals surface area contributed by atoms with Crippen molar-refractivity contribution >= 4 is 17.4 Å². The second kappa shape index (κ2) is 6.48. The van der Waals surface area contributed by atoms with Crippen molar-refractivity contribution in [3.63, 3.8) is 0 Å². The van der Waals surface area contributed by atoms with Gasteiger partial charge in [-0.3, -0.25) is 9.78 Å². The van der Waals surface area contributed by atoms with E-state index in [2.05, 4.69) is 30.1 Å². The Morgan fingerprint density at radius 1 is 1.32 bits per heavy atom. The van der Waals surface area contributed by atoms with Crippen LogP contribution < -0.4 is 0 Å². The molecule has 1 aromatic carbocycles. The van der Waals surface area contributed by atoms with Crippen LogP contribution in [0.15, 0.2) is 42.7 Å². The molecule has 0 saturated carbocycles. The van der Waals surface area contributed by atoms with Crippen molar-refractivity contribution in [2.45, 2.75) is 26.2 Å². The molecule has 2 nitrogen and oxygen atoms in total. The van der Waals surface area contributed by atoms with Crippen molar-refractivity contribution in [2.75, 3.05) is 0 Å². The number of carbonyl (C=O) groups is 1. The zero-order valence-corrected chi connectivity index (χ0v) is 11.7. The van der Waals surface area contributed by atoms with Gasteiger partial charge < -0.3 is 0 Å². The standard InChI is InChI=1S/C16H16ClNO/c1-12-3-2-4-13(9-12)5-6-15(19)10-14-7-8-18-11-16(14)17/h2-4,7-9,11H,5-6,10H2,1H3. The third-order valence-corrected chi connectivity index (χ3v) is 3.36. The van der Waals surface area contributed by atoms with E-state index in [4.69, 9.17) is 11.6 Å². The lowest BCUT2D eigenvalue weighted by atomic mass is 10.0. The van der Waals surface area contributed by atoms with Crippen LogP contribution in [0.25, 0.3) is 0 Å². The second-order valence-corrected chi connectivity index (χ2v) is 5.08. The van der Waals surface area contributed by atoms with Gasteiger partial charge in [0, 0.05) is 25.2 Å². The van der Waals surface area contributed by atoms with Crippen LogP contribution in [0.2, 0.25) is 5.02 Å². The van der Waals surface area contributed by atoms with E-state index in [-0.39, 0.29) is 5.78 Å². The third kappa shape index (κ3) is 4.18. The number of aromatic nitrogens is 1. The highest BCUT2D eigenvalue weighted by molar-refractivity contribution is 6.31. The number of halogens is 1. The van der Waals surface area contributed by atoms with Crippen molar-refractivity contribution in [3.8, 4) is 0 Å². The van der Waals surface area contributed by atoms with E-state index >= 15 is 0 Å². The molecule has 0 aliphatic heterocycles. The average Bonchev–Trinajstić information content (AvgIpc) is 2.39.